The Kier molecular flexibility index (Phi) is 4.62. The third-order valence-corrected chi connectivity index (χ3v) is 3.79. The van der Waals surface area contributed by atoms with Crippen LogP contribution in [0.3, 0.4) is 0 Å². The van der Waals surface area contributed by atoms with Gasteiger partial charge in [0, 0.05) is 13.1 Å². The first-order valence-corrected chi connectivity index (χ1v) is 7.15. The molecular formula is C14H21N3O4. The minimum absolute atomic E-state index is 0.149. The highest BCUT2D eigenvalue weighted by Crippen LogP contribution is 2.22. The maximum Gasteiger partial charge on any atom is 0.311 e. The lowest BCUT2D eigenvalue weighted by Crippen LogP contribution is -2.47. The number of likely N-dealkylation sites (N-methyl/N-ethyl adjacent to an activating group) is 1. The van der Waals surface area contributed by atoms with Crippen molar-refractivity contribution in [1.82, 2.24) is 14.7 Å². The van der Waals surface area contributed by atoms with Crippen LogP contribution in [0.2, 0.25) is 0 Å². The van der Waals surface area contributed by atoms with Crippen LogP contribution < -0.4 is 0 Å². The van der Waals surface area contributed by atoms with Crippen LogP contribution in [0.25, 0.3) is 0 Å². The van der Waals surface area contributed by atoms with Gasteiger partial charge in [-0.2, -0.15) is 5.10 Å². The van der Waals surface area contributed by atoms with E-state index >= 15 is 0 Å². The van der Waals surface area contributed by atoms with Gasteiger partial charge in [0.15, 0.2) is 0 Å². The molecule has 0 spiro atoms. The highest BCUT2D eigenvalue weighted by atomic mass is 16.5. The van der Waals surface area contributed by atoms with Crippen LogP contribution in [0.4, 0.5) is 0 Å². The van der Waals surface area contributed by atoms with Crippen LogP contribution in [-0.2, 0) is 16.1 Å². The molecule has 1 aromatic rings. The fourth-order valence-electron chi connectivity index (χ4n) is 2.72. The Bertz CT molecular complexity index is 540. The molecule has 1 amide bonds. The SMILES string of the molecule is CCN(C(=O)c1cc(C)nn1CC)C1COCC1C(=O)O. The molecule has 1 aliphatic heterocycles. The van der Waals surface area contributed by atoms with Crippen molar-refractivity contribution in [3.05, 3.63) is 17.5 Å². The smallest absolute Gasteiger partial charge is 0.311 e. The average Bonchev–Trinajstić information content (AvgIpc) is 3.05. The van der Waals surface area contributed by atoms with E-state index < -0.39 is 17.9 Å². The van der Waals surface area contributed by atoms with Gasteiger partial charge in [0.2, 0.25) is 0 Å². The number of hydrogen-bond donors (Lipinski definition) is 1. The van der Waals surface area contributed by atoms with Crippen molar-refractivity contribution in [2.24, 2.45) is 5.92 Å². The van der Waals surface area contributed by atoms with E-state index in [-0.39, 0.29) is 19.1 Å². The molecule has 0 aromatic carbocycles. The predicted octanol–water partition coefficient (Wildman–Crippen LogP) is 0.773. The van der Waals surface area contributed by atoms with Crippen molar-refractivity contribution < 1.29 is 19.4 Å². The van der Waals surface area contributed by atoms with E-state index in [1.165, 1.54) is 0 Å². The summed E-state index contributed by atoms with van der Waals surface area (Å²) in [4.78, 5) is 25.6. The van der Waals surface area contributed by atoms with Crippen LogP contribution >= 0.6 is 0 Å². The Balaban J connectivity index is 2.28. The van der Waals surface area contributed by atoms with Crippen molar-refractivity contribution in [3.8, 4) is 0 Å². The summed E-state index contributed by atoms with van der Waals surface area (Å²) in [5.74, 6) is -1.79. The first kappa shape index (κ1) is 15.5. The van der Waals surface area contributed by atoms with Crippen LogP contribution in [0.15, 0.2) is 6.07 Å². The molecule has 1 saturated heterocycles. The minimum atomic E-state index is -0.927. The molecule has 1 N–H and O–H groups in total. The Morgan fingerprint density at radius 3 is 2.76 bits per heavy atom. The molecule has 7 heteroatoms. The number of carboxylic acid groups (broad SMARTS) is 1. The van der Waals surface area contributed by atoms with E-state index in [9.17, 15) is 14.7 Å². The summed E-state index contributed by atoms with van der Waals surface area (Å²) in [5, 5.41) is 13.5. The Morgan fingerprint density at radius 1 is 1.48 bits per heavy atom. The number of aromatic nitrogens is 2. The molecule has 7 nitrogen and oxygen atoms in total. The summed E-state index contributed by atoms with van der Waals surface area (Å²) in [5.41, 5.74) is 1.27. The second kappa shape index (κ2) is 6.26. The highest BCUT2D eigenvalue weighted by molar-refractivity contribution is 5.93. The molecule has 2 heterocycles. The number of aliphatic carboxylic acids is 1. The second-order valence-corrected chi connectivity index (χ2v) is 5.13. The van der Waals surface area contributed by atoms with E-state index in [4.69, 9.17) is 4.74 Å². The van der Waals surface area contributed by atoms with Crippen molar-refractivity contribution in [2.75, 3.05) is 19.8 Å². The Labute approximate surface area is 123 Å². The molecule has 21 heavy (non-hydrogen) atoms. The van der Waals surface area contributed by atoms with E-state index in [0.29, 0.717) is 18.8 Å². The second-order valence-electron chi connectivity index (χ2n) is 5.13. The van der Waals surface area contributed by atoms with Crippen LogP contribution in [-0.4, -0.2) is 57.5 Å². The maximum atomic E-state index is 12.7. The van der Waals surface area contributed by atoms with E-state index in [2.05, 4.69) is 5.10 Å². The van der Waals surface area contributed by atoms with Crippen molar-refractivity contribution in [3.63, 3.8) is 0 Å². The van der Waals surface area contributed by atoms with Gasteiger partial charge >= 0.3 is 5.97 Å². The summed E-state index contributed by atoms with van der Waals surface area (Å²) in [6.07, 6.45) is 0. The van der Waals surface area contributed by atoms with Crippen molar-refractivity contribution in [1.29, 1.82) is 0 Å². The Morgan fingerprint density at radius 2 is 2.19 bits per heavy atom. The van der Waals surface area contributed by atoms with Gasteiger partial charge in [0.05, 0.1) is 24.9 Å². The number of nitrogens with zero attached hydrogens (tertiary/aromatic N) is 3. The zero-order valence-corrected chi connectivity index (χ0v) is 12.6. The monoisotopic (exact) mass is 295 g/mol. The number of carbonyl (C=O) groups excluding carboxylic acids is 1. The first-order chi connectivity index (χ1) is 9.99. The molecule has 0 radical (unpaired) electrons. The lowest BCUT2D eigenvalue weighted by Gasteiger charge is -2.29. The standard InChI is InChI=1S/C14H21N3O4/c1-4-16(12-8-21-7-10(12)14(19)20)13(18)11-6-9(3)15-17(11)5-2/h6,10,12H,4-5,7-8H2,1-3H3,(H,19,20). The molecule has 2 atom stereocenters. The fraction of sp³-hybridized carbons (Fsp3) is 0.643. The van der Waals surface area contributed by atoms with Crippen molar-refractivity contribution >= 4 is 11.9 Å². The number of hydrogen-bond acceptors (Lipinski definition) is 4. The number of carboxylic acids is 1. The van der Waals surface area contributed by atoms with Gasteiger partial charge in [-0.05, 0) is 26.8 Å². The summed E-state index contributed by atoms with van der Waals surface area (Å²) in [6, 6.07) is 1.31. The fourth-order valence-corrected chi connectivity index (χ4v) is 2.72. The number of amides is 1. The lowest BCUT2D eigenvalue weighted by atomic mass is 10.0. The first-order valence-electron chi connectivity index (χ1n) is 7.15. The summed E-state index contributed by atoms with van der Waals surface area (Å²) in [7, 11) is 0. The molecule has 1 fully saturated rings. The maximum absolute atomic E-state index is 12.7. The molecule has 2 rings (SSSR count). The van der Waals surface area contributed by atoms with Gasteiger partial charge in [-0.1, -0.05) is 0 Å². The molecular weight excluding hydrogens is 274 g/mol. The van der Waals surface area contributed by atoms with Gasteiger partial charge in [0.25, 0.3) is 5.91 Å². The lowest BCUT2D eigenvalue weighted by molar-refractivity contribution is -0.142. The summed E-state index contributed by atoms with van der Waals surface area (Å²) in [6.45, 7) is 7.02. The quantitative estimate of drug-likeness (QED) is 0.867. The number of carbonyl (C=O) groups is 2. The third kappa shape index (κ3) is 2.92. The summed E-state index contributed by atoms with van der Waals surface area (Å²) >= 11 is 0. The van der Waals surface area contributed by atoms with Gasteiger partial charge in [0.1, 0.15) is 11.6 Å². The normalized spacial score (nSPS) is 21.5. The van der Waals surface area contributed by atoms with Crippen molar-refractivity contribution in [2.45, 2.75) is 33.4 Å². The molecule has 1 aromatic heterocycles. The van der Waals surface area contributed by atoms with Gasteiger partial charge < -0.3 is 14.7 Å². The summed E-state index contributed by atoms with van der Waals surface area (Å²) < 4.78 is 6.91. The van der Waals surface area contributed by atoms with Gasteiger partial charge in [-0.3, -0.25) is 14.3 Å². The highest BCUT2D eigenvalue weighted by Gasteiger charge is 2.40. The number of rotatable bonds is 5. The zero-order valence-electron chi connectivity index (χ0n) is 12.6. The molecule has 1 aliphatic rings. The zero-order chi connectivity index (χ0) is 15.6. The third-order valence-electron chi connectivity index (χ3n) is 3.79. The number of ether oxygens (including phenoxy) is 1. The van der Waals surface area contributed by atoms with E-state index in [1.54, 1.807) is 15.6 Å². The largest absolute Gasteiger partial charge is 0.481 e. The average molecular weight is 295 g/mol. The van der Waals surface area contributed by atoms with E-state index in [1.807, 2.05) is 20.8 Å². The number of aryl methyl sites for hydroxylation is 2. The molecule has 0 saturated carbocycles. The topological polar surface area (TPSA) is 84.7 Å². The predicted molar refractivity (Wildman–Crippen MR) is 75.1 cm³/mol. The molecule has 0 aliphatic carbocycles. The van der Waals surface area contributed by atoms with Crippen LogP contribution in [0, 0.1) is 12.8 Å². The minimum Gasteiger partial charge on any atom is -0.481 e. The molecule has 0 bridgehead atoms. The van der Waals surface area contributed by atoms with E-state index in [0.717, 1.165) is 5.69 Å². The Hall–Kier alpha value is -1.89. The van der Waals surface area contributed by atoms with Crippen LogP contribution in [0.5, 0.6) is 0 Å². The molecule has 116 valence electrons. The molecule has 2 unspecified atom stereocenters. The van der Waals surface area contributed by atoms with Crippen LogP contribution in [0.1, 0.15) is 30.0 Å². The van der Waals surface area contributed by atoms with Gasteiger partial charge in [-0.25, -0.2) is 0 Å². The van der Waals surface area contributed by atoms with Gasteiger partial charge in [-0.15, -0.1) is 0 Å².